The van der Waals surface area contributed by atoms with Crippen molar-refractivity contribution in [2.45, 2.75) is 57.2 Å². The summed E-state index contributed by atoms with van der Waals surface area (Å²) in [6, 6.07) is 0. The maximum Gasteiger partial charge on any atom is 0.336 e. The molecule has 1 unspecified atom stereocenters. The molecule has 0 aliphatic heterocycles. The lowest BCUT2D eigenvalue weighted by Crippen LogP contribution is -2.42. The molecule has 0 heterocycles. The van der Waals surface area contributed by atoms with Crippen LogP contribution in [-0.2, 0) is 14.4 Å². The highest BCUT2D eigenvalue weighted by molar-refractivity contribution is 5.88. The molecule has 22 heavy (non-hydrogen) atoms. The maximum absolute atomic E-state index is 10.3. The van der Waals surface area contributed by atoms with Gasteiger partial charge in [-0.05, 0) is 19.8 Å². The summed E-state index contributed by atoms with van der Waals surface area (Å²) in [6.45, 7) is 2.07. The molecule has 0 rings (SSSR count). The highest BCUT2D eigenvalue weighted by Gasteiger charge is 2.40. The second-order valence-corrected chi connectivity index (χ2v) is 4.90. The summed E-state index contributed by atoms with van der Waals surface area (Å²) in [5.41, 5.74) is -2.74. The van der Waals surface area contributed by atoms with Gasteiger partial charge in [0.15, 0.2) is 5.60 Å². The van der Waals surface area contributed by atoms with Crippen LogP contribution >= 0.6 is 0 Å². The van der Waals surface area contributed by atoms with Crippen LogP contribution in [0.2, 0.25) is 0 Å². The Balaban J connectivity index is 0. The van der Waals surface area contributed by atoms with Crippen molar-refractivity contribution in [2.24, 2.45) is 0 Å². The van der Waals surface area contributed by atoms with Gasteiger partial charge in [-0.25, -0.2) is 4.79 Å². The summed E-state index contributed by atoms with van der Waals surface area (Å²) < 4.78 is 0. The van der Waals surface area contributed by atoms with E-state index in [-0.39, 0.29) is 12.7 Å². The highest BCUT2D eigenvalue weighted by Crippen LogP contribution is 2.15. The van der Waals surface area contributed by atoms with Crippen LogP contribution in [0.5, 0.6) is 0 Å². The third-order valence-electron chi connectivity index (χ3n) is 2.57. The predicted octanol–water partition coefficient (Wildman–Crippen LogP) is -0.329. The van der Waals surface area contributed by atoms with Crippen LogP contribution in [0, 0.1) is 0 Å². The summed E-state index contributed by atoms with van der Waals surface area (Å²) in [4.78, 5) is 30.5. The number of aliphatic hydroxyl groups is 3. The largest absolute Gasteiger partial charge is 0.481 e. The van der Waals surface area contributed by atoms with Crippen LogP contribution in [0.3, 0.4) is 0 Å². The number of hydrogen-bond acceptors (Lipinski definition) is 6. The van der Waals surface area contributed by atoms with Crippen LogP contribution < -0.4 is 0 Å². The van der Waals surface area contributed by atoms with E-state index in [0.29, 0.717) is 0 Å². The van der Waals surface area contributed by atoms with E-state index in [0.717, 1.165) is 25.7 Å². The number of aliphatic carboxylic acids is 3. The topological polar surface area (TPSA) is 173 Å². The molecule has 0 aromatic rings. The van der Waals surface area contributed by atoms with Crippen molar-refractivity contribution < 1.29 is 45.0 Å². The molecule has 6 N–H and O–H groups in total. The summed E-state index contributed by atoms with van der Waals surface area (Å²) in [6.07, 6.45) is 1.32. The van der Waals surface area contributed by atoms with Crippen molar-refractivity contribution >= 4 is 17.9 Å². The first-order valence-corrected chi connectivity index (χ1v) is 6.73. The zero-order valence-corrected chi connectivity index (χ0v) is 12.4. The van der Waals surface area contributed by atoms with Crippen molar-refractivity contribution in [3.05, 3.63) is 0 Å². The van der Waals surface area contributed by atoms with Crippen molar-refractivity contribution in [2.75, 3.05) is 6.61 Å². The number of carboxylic acid groups (broad SMARTS) is 3. The highest BCUT2D eigenvalue weighted by atomic mass is 16.4. The number of rotatable bonds is 10. The van der Waals surface area contributed by atoms with Crippen molar-refractivity contribution in [1.82, 2.24) is 0 Å². The number of carbonyl (C=O) groups is 3. The fourth-order valence-electron chi connectivity index (χ4n) is 1.44. The van der Waals surface area contributed by atoms with E-state index in [1.165, 1.54) is 0 Å². The summed E-state index contributed by atoms with van der Waals surface area (Å²) >= 11 is 0. The Hall–Kier alpha value is -1.71. The van der Waals surface area contributed by atoms with E-state index in [1.807, 2.05) is 0 Å². The third kappa shape index (κ3) is 13.3. The van der Waals surface area contributed by atoms with Gasteiger partial charge in [-0.3, -0.25) is 9.59 Å². The van der Waals surface area contributed by atoms with Crippen molar-refractivity contribution in [1.29, 1.82) is 0 Å². The molecule has 0 radical (unpaired) electrons. The van der Waals surface area contributed by atoms with Crippen LogP contribution in [-0.4, -0.2) is 66.9 Å². The molecule has 9 nitrogen and oxygen atoms in total. The van der Waals surface area contributed by atoms with Gasteiger partial charge in [-0.2, -0.15) is 0 Å². The van der Waals surface area contributed by atoms with Gasteiger partial charge in [0.2, 0.25) is 0 Å². The average molecular weight is 324 g/mol. The Labute approximate surface area is 127 Å². The van der Waals surface area contributed by atoms with E-state index >= 15 is 0 Å². The number of carboxylic acids is 3. The summed E-state index contributed by atoms with van der Waals surface area (Å²) in [7, 11) is 0. The molecular weight excluding hydrogens is 300 g/mol. The summed E-state index contributed by atoms with van der Waals surface area (Å²) in [5.74, 6) is -5.02. The maximum atomic E-state index is 10.3. The monoisotopic (exact) mass is 324 g/mol. The molecule has 1 atom stereocenters. The molecule has 0 aromatic carbocycles. The normalized spacial score (nSPS) is 12.0. The van der Waals surface area contributed by atoms with Gasteiger partial charge in [-0.1, -0.05) is 12.8 Å². The number of unbranched alkanes of at least 4 members (excludes halogenated alkanes) is 2. The van der Waals surface area contributed by atoms with Gasteiger partial charge in [0.1, 0.15) is 0 Å². The van der Waals surface area contributed by atoms with E-state index in [4.69, 9.17) is 30.6 Å². The Morgan fingerprint density at radius 2 is 1.41 bits per heavy atom. The lowest BCUT2D eigenvalue weighted by molar-refractivity contribution is -0.170. The first-order valence-electron chi connectivity index (χ1n) is 6.73. The van der Waals surface area contributed by atoms with Crippen molar-refractivity contribution in [3.8, 4) is 0 Å². The molecule has 0 saturated carbocycles. The predicted molar refractivity (Wildman–Crippen MR) is 74.3 cm³/mol. The van der Waals surface area contributed by atoms with E-state index < -0.39 is 36.4 Å². The van der Waals surface area contributed by atoms with Gasteiger partial charge < -0.3 is 30.6 Å². The van der Waals surface area contributed by atoms with Gasteiger partial charge in [0.05, 0.1) is 18.9 Å². The van der Waals surface area contributed by atoms with Gasteiger partial charge in [0.25, 0.3) is 0 Å². The first kappa shape index (κ1) is 22.6. The van der Waals surface area contributed by atoms with Gasteiger partial charge in [0, 0.05) is 6.61 Å². The molecule has 0 amide bonds. The minimum absolute atomic E-state index is 0.177. The smallest absolute Gasteiger partial charge is 0.336 e. The minimum atomic E-state index is -2.74. The Bertz CT molecular complexity index is 335. The zero-order valence-electron chi connectivity index (χ0n) is 12.4. The van der Waals surface area contributed by atoms with Crippen molar-refractivity contribution in [3.63, 3.8) is 0 Å². The fourth-order valence-corrected chi connectivity index (χ4v) is 1.44. The Morgan fingerprint density at radius 1 is 0.955 bits per heavy atom. The third-order valence-corrected chi connectivity index (χ3v) is 2.57. The van der Waals surface area contributed by atoms with E-state index in [2.05, 4.69) is 0 Å². The second kappa shape index (κ2) is 11.9. The quantitative estimate of drug-likeness (QED) is 0.294. The zero-order chi connectivity index (χ0) is 17.8. The number of aliphatic hydroxyl groups excluding tert-OH is 2. The van der Waals surface area contributed by atoms with Crippen LogP contribution in [0.4, 0.5) is 0 Å². The van der Waals surface area contributed by atoms with Gasteiger partial charge >= 0.3 is 17.9 Å². The van der Waals surface area contributed by atoms with E-state index in [1.54, 1.807) is 6.92 Å². The standard InChI is InChI=1S/C7H16O2.C6H8O7/c1-7(9)5-3-2-4-6-8;7-3(8)1-6(13,5(11)12)2-4(9)10/h7-9H,2-6H2,1H3;13H,1-2H2,(H,7,8)(H,9,10)(H,11,12). The van der Waals surface area contributed by atoms with Crippen LogP contribution in [0.1, 0.15) is 45.4 Å². The van der Waals surface area contributed by atoms with Gasteiger partial charge in [-0.15, -0.1) is 0 Å². The molecule has 0 aliphatic rings. The molecule has 0 saturated heterocycles. The number of hydrogen-bond donors (Lipinski definition) is 6. The molecular formula is C13H24O9. The van der Waals surface area contributed by atoms with E-state index in [9.17, 15) is 14.4 Å². The minimum Gasteiger partial charge on any atom is -0.481 e. The average Bonchev–Trinajstić information content (AvgIpc) is 2.33. The molecule has 130 valence electrons. The molecule has 0 fully saturated rings. The molecule has 0 bridgehead atoms. The molecule has 0 aliphatic carbocycles. The molecule has 0 aromatic heterocycles. The summed E-state index contributed by atoms with van der Waals surface area (Å²) in [5, 5.41) is 51.0. The molecule has 9 heteroatoms. The Kier molecular flexibility index (Phi) is 12.2. The lowest BCUT2D eigenvalue weighted by Gasteiger charge is -2.18. The Morgan fingerprint density at radius 3 is 1.68 bits per heavy atom. The second-order valence-electron chi connectivity index (χ2n) is 4.90. The fraction of sp³-hybridized carbons (Fsp3) is 0.769. The SMILES string of the molecule is CC(O)CCCCCO.O=C(O)CC(O)(CC(=O)O)C(=O)O. The first-order chi connectivity index (χ1) is 10.0. The molecule has 0 spiro atoms. The van der Waals surface area contributed by atoms with Crippen LogP contribution in [0.15, 0.2) is 0 Å². The van der Waals surface area contributed by atoms with Crippen LogP contribution in [0.25, 0.3) is 0 Å². The lowest BCUT2D eigenvalue weighted by atomic mass is 9.96.